The largest absolute Gasteiger partial charge is 0.265 e. The van der Waals surface area contributed by atoms with E-state index in [-0.39, 0.29) is 6.04 Å². The molecular formula is C12H19N3. The Balaban J connectivity index is 2.99. The van der Waals surface area contributed by atoms with Gasteiger partial charge in [0.1, 0.15) is 0 Å². The van der Waals surface area contributed by atoms with Crippen molar-refractivity contribution in [2.75, 3.05) is 0 Å². The van der Waals surface area contributed by atoms with Crippen LogP contribution in [0, 0.1) is 11.3 Å². The minimum Gasteiger partial charge on any atom is -0.265 e. The van der Waals surface area contributed by atoms with Crippen LogP contribution in [0.5, 0.6) is 0 Å². The van der Waals surface area contributed by atoms with Gasteiger partial charge in [-0.1, -0.05) is 20.8 Å². The number of aromatic nitrogens is 2. The van der Waals surface area contributed by atoms with E-state index in [4.69, 9.17) is 5.26 Å². The van der Waals surface area contributed by atoms with Gasteiger partial charge in [-0.3, -0.25) is 4.68 Å². The highest BCUT2D eigenvalue weighted by atomic mass is 15.3. The molecule has 1 aromatic rings. The minimum absolute atomic E-state index is 0.241. The first kappa shape index (κ1) is 11.8. The summed E-state index contributed by atoms with van der Waals surface area (Å²) >= 11 is 0. The molecule has 0 aliphatic heterocycles. The summed E-state index contributed by atoms with van der Waals surface area (Å²) in [5.74, 6) is 0. The average molecular weight is 205 g/mol. The first-order valence-corrected chi connectivity index (χ1v) is 5.70. The summed E-state index contributed by atoms with van der Waals surface area (Å²) in [7, 11) is 0. The van der Waals surface area contributed by atoms with Crippen LogP contribution in [-0.2, 0) is 12.8 Å². The molecule has 3 nitrogen and oxygen atoms in total. The van der Waals surface area contributed by atoms with Crippen LogP contribution in [0.15, 0.2) is 6.07 Å². The van der Waals surface area contributed by atoms with E-state index in [2.05, 4.69) is 38.0 Å². The maximum atomic E-state index is 8.77. The molecule has 1 rings (SSSR count). The third-order valence-electron chi connectivity index (χ3n) is 2.73. The Morgan fingerprint density at radius 2 is 2.13 bits per heavy atom. The summed E-state index contributed by atoms with van der Waals surface area (Å²) in [6.07, 6.45) is 3.46. The fourth-order valence-electron chi connectivity index (χ4n) is 1.75. The van der Waals surface area contributed by atoms with Gasteiger partial charge in [0.15, 0.2) is 0 Å². The molecule has 1 unspecified atom stereocenters. The zero-order valence-corrected chi connectivity index (χ0v) is 9.82. The van der Waals surface area contributed by atoms with E-state index >= 15 is 0 Å². The van der Waals surface area contributed by atoms with E-state index in [1.165, 1.54) is 5.69 Å². The Bertz CT molecular complexity index is 346. The monoisotopic (exact) mass is 205 g/mol. The molecule has 1 aromatic heterocycles. The van der Waals surface area contributed by atoms with Crippen molar-refractivity contribution < 1.29 is 0 Å². The fraction of sp³-hybridized carbons (Fsp3) is 0.667. The molecule has 0 radical (unpaired) electrons. The SMILES string of the molecule is CCc1cc(CC)n(C(CC)CC#N)n1. The summed E-state index contributed by atoms with van der Waals surface area (Å²) in [6.45, 7) is 6.35. The van der Waals surface area contributed by atoms with Crippen LogP contribution in [0.4, 0.5) is 0 Å². The minimum atomic E-state index is 0.241. The highest BCUT2D eigenvalue weighted by Crippen LogP contribution is 2.19. The van der Waals surface area contributed by atoms with Gasteiger partial charge < -0.3 is 0 Å². The Kier molecular flexibility index (Phi) is 4.36. The Morgan fingerprint density at radius 3 is 2.60 bits per heavy atom. The molecule has 0 saturated carbocycles. The standard InChI is InChI=1S/C12H19N3/c1-4-10-9-12(6-3)15(14-10)11(5-2)7-8-13/h9,11H,4-7H2,1-3H3. The maximum Gasteiger partial charge on any atom is 0.0649 e. The van der Waals surface area contributed by atoms with E-state index < -0.39 is 0 Å². The van der Waals surface area contributed by atoms with Crippen molar-refractivity contribution in [2.45, 2.75) is 52.5 Å². The molecule has 0 bridgehead atoms. The quantitative estimate of drug-likeness (QED) is 0.741. The lowest BCUT2D eigenvalue weighted by molar-refractivity contribution is 0.431. The molecule has 1 atom stereocenters. The van der Waals surface area contributed by atoms with Crippen molar-refractivity contribution in [3.63, 3.8) is 0 Å². The van der Waals surface area contributed by atoms with Crippen LogP contribution in [0.25, 0.3) is 0 Å². The lowest BCUT2D eigenvalue weighted by Gasteiger charge is -2.14. The molecule has 1 heterocycles. The van der Waals surface area contributed by atoms with Gasteiger partial charge in [-0.2, -0.15) is 10.4 Å². The third-order valence-corrected chi connectivity index (χ3v) is 2.73. The molecule has 0 spiro atoms. The molecule has 0 amide bonds. The highest BCUT2D eigenvalue weighted by molar-refractivity contribution is 5.11. The highest BCUT2D eigenvalue weighted by Gasteiger charge is 2.13. The van der Waals surface area contributed by atoms with Crippen LogP contribution in [0.2, 0.25) is 0 Å². The summed E-state index contributed by atoms with van der Waals surface area (Å²) in [5, 5.41) is 13.3. The van der Waals surface area contributed by atoms with E-state index in [0.717, 1.165) is 25.0 Å². The molecule has 0 aliphatic carbocycles. The van der Waals surface area contributed by atoms with E-state index in [9.17, 15) is 0 Å². The molecule has 0 aliphatic rings. The molecule has 0 saturated heterocycles. The number of nitriles is 1. The molecule has 15 heavy (non-hydrogen) atoms. The first-order chi connectivity index (χ1) is 7.26. The Morgan fingerprint density at radius 1 is 1.40 bits per heavy atom. The average Bonchev–Trinajstić information content (AvgIpc) is 2.68. The van der Waals surface area contributed by atoms with Crippen LogP contribution < -0.4 is 0 Å². The second-order valence-electron chi connectivity index (χ2n) is 3.70. The third kappa shape index (κ3) is 2.59. The zero-order chi connectivity index (χ0) is 11.3. The number of aryl methyl sites for hydroxylation is 2. The van der Waals surface area contributed by atoms with Crippen LogP contribution >= 0.6 is 0 Å². The molecule has 82 valence electrons. The van der Waals surface area contributed by atoms with Crippen molar-refractivity contribution in [2.24, 2.45) is 0 Å². The van der Waals surface area contributed by atoms with Gasteiger partial charge in [0.05, 0.1) is 24.2 Å². The normalized spacial score (nSPS) is 12.4. The van der Waals surface area contributed by atoms with Gasteiger partial charge in [-0.15, -0.1) is 0 Å². The number of rotatable bonds is 5. The summed E-state index contributed by atoms with van der Waals surface area (Å²) in [5.41, 5.74) is 2.37. The Labute approximate surface area is 91.7 Å². The Hall–Kier alpha value is -1.30. The van der Waals surface area contributed by atoms with E-state index in [0.29, 0.717) is 6.42 Å². The number of hydrogen-bond donors (Lipinski definition) is 0. The van der Waals surface area contributed by atoms with Gasteiger partial charge in [0.2, 0.25) is 0 Å². The maximum absolute atomic E-state index is 8.77. The molecule has 0 aromatic carbocycles. The van der Waals surface area contributed by atoms with Crippen molar-refractivity contribution >= 4 is 0 Å². The predicted octanol–water partition coefficient (Wildman–Crippen LogP) is 2.87. The lowest BCUT2D eigenvalue weighted by Crippen LogP contribution is -2.12. The molecule has 0 fully saturated rings. The van der Waals surface area contributed by atoms with Gasteiger partial charge in [-0.05, 0) is 25.3 Å². The second kappa shape index (κ2) is 5.55. The summed E-state index contributed by atoms with van der Waals surface area (Å²) in [4.78, 5) is 0. The van der Waals surface area contributed by atoms with Gasteiger partial charge in [0.25, 0.3) is 0 Å². The van der Waals surface area contributed by atoms with Crippen molar-refractivity contribution in [1.82, 2.24) is 9.78 Å². The van der Waals surface area contributed by atoms with Gasteiger partial charge >= 0.3 is 0 Å². The lowest BCUT2D eigenvalue weighted by atomic mass is 10.1. The molecule has 3 heteroatoms. The van der Waals surface area contributed by atoms with E-state index in [1.54, 1.807) is 0 Å². The van der Waals surface area contributed by atoms with Crippen LogP contribution in [-0.4, -0.2) is 9.78 Å². The predicted molar refractivity (Wildman–Crippen MR) is 60.5 cm³/mol. The van der Waals surface area contributed by atoms with Crippen molar-refractivity contribution in [3.05, 3.63) is 17.5 Å². The second-order valence-corrected chi connectivity index (χ2v) is 3.70. The number of nitrogens with zero attached hydrogens (tertiary/aromatic N) is 3. The van der Waals surface area contributed by atoms with Crippen LogP contribution in [0.3, 0.4) is 0 Å². The zero-order valence-electron chi connectivity index (χ0n) is 9.82. The number of hydrogen-bond acceptors (Lipinski definition) is 2. The molecular weight excluding hydrogens is 186 g/mol. The topological polar surface area (TPSA) is 41.6 Å². The molecule has 0 N–H and O–H groups in total. The van der Waals surface area contributed by atoms with Crippen molar-refractivity contribution in [1.29, 1.82) is 5.26 Å². The van der Waals surface area contributed by atoms with Crippen molar-refractivity contribution in [3.8, 4) is 6.07 Å². The first-order valence-electron chi connectivity index (χ1n) is 5.70. The summed E-state index contributed by atoms with van der Waals surface area (Å²) < 4.78 is 2.04. The van der Waals surface area contributed by atoms with Crippen LogP contribution in [0.1, 0.15) is 51.0 Å². The fourth-order valence-corrected chi connectivity index (χ4v) is 1.75. The van der Waals surface area contributed by atoms with Gasteiger partial charge in [-0.25, -0.2) is 0 Å². The van der Waals surface area contributed by atoms with E-state index in [1.807, 2.05) is 4.68 Å². The smallest absolute Gasteiger partial charge is 0.0649 e. The summed E-state index contributed by atoms with van der Waals surface area (Å²) in [6, 6.07) is 4.63. The van der Waals surface area contributed by atoms with Gasteiger partial charge in [0, 0.05) is 5.69 Å².